The second-order valence-electron chi connectivity index (χ2n) is 7.96. The molecule has 6 heteroatoms. The molecule has 1 heterocycles. The minimum atomic E-state index is -0.313. The Bertz CT molecular complexity index is 856. The van der Waals surface area contributed by atoms with E-state index in [4.69, 9.17) is 9.47 Å². The third-order valence-electron chi connectivity index (χ3n) is 4.27. The molecule has 1 N–H and O–H groups in total. The first-order valence-corrected chi connectivity index (χ1v) is 9.29. The highest BCUT2D eigenvalue weighted by Crippen LogP contribution is 2.31. The van der Waals surface area contributed by atoms with Crippen molar-refractivity contribution in [3.8, 4) is 11.5 Å². The summed E-state index contributed by atoms with van der Waals surface area (Å²) in [5, 5.41) is 2.90. The van der Waals surface area contributed by atoms with Gasteiger partial charge in [0.2, 0.25) is 0 Å². The van der Waals surface area contributed by atoms with Crippen LogP contribution in [0, 0.1) is 0 Å². The molecule has 2 aromatic carbocycles. The molecule has 1 aliphatic heterocycles. The molecule has 0 saturated heterocycles. The summed E-state index contributed by atoms with van der Waals surface area (Å²) in [5.74, 6) is 1.11. The van der Waals surface area contributed by atoms with Gasteiger partial charge in [-0.3, -0.25) is 9.59 Å². The van der Waals surface area contributed by atoms with Crippen molar-refractivity contribution in [3.05, 3.63) is 59.7 Å². The fourth-order valence-corrected chi connectivity index (χ4v) is 2.94. The number of benzene rings is 2. The van der Waals surface area contributed by atoms with Gasteiger partial charge >= 0.3 is 0 Å². The molecule has 0 fully saturated rings. The van der Waals surface area contributed by atoms with Crippen molar-refractivity contribution in [2.24, 2.45) is 0 Å². The van der Waals surface area contributed by atoms with Gasteiger partial charge in [-0.1, -0.05) is 12.1 Å². The molecule has 0 aliphatic carbocycles. The van der Waals surface area contributed by atoms with Crippen LogP contribution in [0.2, 0.25) is 0 Å². The van der Waals surface area contributed by atoms with E-state index in [9.17, 15) is 9.59 Å². The highest BCUT2D eigenvalue weighted by Gasteiger charge is 2.24. The van der Waals surface area contributed by atoms with E-state index >= 15 is 0 Å². The largest absolute Gasteiger partial charge is 0.486 e. The normalized spacial score (nSPS) is 15.6. The number of amides is 2. The summed E-state index contributed by atoms with van der Waals surface area (Å²) < 4.78 is 11.6. The lowest BCUT2D eigenvalue weighted by Crippen LogP contribution is -2.42. The minimum Gasteiger partial charge on any atom is -0.486 e. The molecule has 3 rings (SSSR count). The molecule has 6 nitrogen and oxygen atoms in total. The quantitative estimate of drug-likeness (QED) is 0.882. The van der Waals surface area contributed by atoms with Gasteiger partial charge in [-0.2, -0.15) is 0 Å². The van der Waals surface area contributed by atoms with Crippen LogP contribution in [0.5, 0.6) is 11.5 Å². The van der Waals surface area contributed by atoms with Crippen LogP contribution in [0.4, 0.5) is 0 Å². The molecule has 148 valence electrons. The second kappa shape index (κ2) is 7.92. The van der Waals surface area contributed by atoms with Crippen molar-refractivity contribution in [1.29, 1.82) is 0 Å². The first kappa shape index (κ1) is 19.7. The Kier molecular flexibility index (Phi) is 5.58. The molecular weight excluding hydrogens is 356 g/mol. The number of nitrogens with one attached hydrogen (secondary N) is 1. The van der Waals surface area contributed by atoms with Gasteiger partial charge in [-0.05, 0) is 57.2 Å². The molecule has 2 amide bonds. The first-order valence-electron chi connectivity index (χ1n) is 9.29. The van der Waals surface area contributed by atoms with Crippen LogP contribution in [-0.4, -0.2) is 48.6 Å². The Hall–Kier alpha value is -3.02. The third kappa shape index (κ3) is 4.82. The maximum absolute atomic E-state index is 12.7. The zero-order valence-electron chi connectivity index (χ0n) is 16.7. The van der Waals surface area contributed by atoms with Crippen LogP contribution in [0.3, 0.4) is 0 Å². The Balaban J connectivity index is 1.60. The highest BCUT2D eigenvalue weighted by atomic mass is 16.6. The van der Waals surface area contributed by atoms with Gasteiger partial charge in [0.1, 0.15) is 6.61 Å². The number of rotatable bonds is 4. The lowest BCUT2D eigenvalue weighted by molar-refractivity contribution is 0.0521. The maximum Gasteiger partial charge on any atom is 0.253 e. The van der Waals surface area contributed by atoms with E-state index in [1.807, 2.05) is 45.0 Å². The van der Waals surface area contributed by atoms with Crippen LogP contribution in [-0.2, 0) is 0 Å². The standard InChI is InChI=1S/C22H26N2O4/c1-22(2,3)23-20(25)15-9-11-16(12-10-15)21(26)24(4)13-17-14-27-18-7-5-6-8-19(18)28-17/h5-12,17H,13-14H2,1-4H3,(H,23,25). The molecular formula is C22H26N2O4. The molecule has 1 aliphatic rings. The SMILES string of the molecule is CN(CC1COc2ccccc2O1)C(=O)c1ccc(C(=O)NC(C)(C)C)cc1. The van der Waals surface area contributed by atoms with Gasteiger partial charge < -0.3 is 19.7 Å². The molecule has 0 saturated carbocycles. The van der Waals surface area contributed by atoms with E-state index < -0.39 is 0 Å². The topological polar surface area (TPSA) is 67.9 Å². The van der Waals surface area contributed by atoms with Crippen molar-refractivity contribution in [2.45, 2.75) is 32.4 Å². The summed E-state index contributed by atoms with van der Waals surface area (Å²) in [6.07, 6.45) is -0.235. The summed E-state index contributed by atoms with van der Waals surface area (Å²) in [7, 11) is 1.73. The van der Waals surface area contributed by atoms with Gasteiger partial charge in [-0.15, -0.1) is 0 Å². The Labute approximate surface area is 165 Å². The number of likely N-dealkylation sites (N-methyl/N-ethyl adjacent to an activating group) is 1. The third-order valence-corrected chi connectivity index (χ3v) is 4.27. The van der Waals surface area contributed by atoms with Crippen LogP contribution < -0.4 is 14.8 Å². The lowest BCUT2D eigenvalue weighted by atomic mass is 10.1. The lowest BCUT2D eigenvalue weighted by Gasteiger charge is -2.29. The van der Waals surface area contributed by atoms with E-state index in [0.717, 1.165) is 5.75 Å². The summed E-state index contributed by atoms with van der Waals surface area (Å²) in [6, 6.07) is 14.2. The Morgan fingerprint density at radius 1 is 1.04 bits per heavy atom. The van der Waals surface area contributed by atoms with Crippen LogP contribution in [0.15, 0.2) is 48.5 Å². The molecule has 28 heavy (non-hydrogen) atoms. The number of hydrogen-bond acceptors (Lipinski definition) is 4. The second-order valence-corrected chi connectivity index (χ2v) is 7.96. The average molecular weight is 382 g/mol. The van der Waals surface area contributed by atoms with Crippen LogP contribution in [0.1, 0.15) is 41.5 Å². The predicted molar refractivity (Wildman–Crippen MR) is 107 cm³/mol. The number of ether oxygens (including phenoxy) is 2. The monoisotopic (exact) mass is 382 g/mol. The van der Waals surface area contributed by atoms with Gasteiger partial charge in [0.25, 0.3) is 11.8 Å². The summed E-state index contributed by atoms with van der Waals surface area (Å²) in [6.45, 7) is 6.56. The number of hydrogen-bond donors (Lipinski definition) is 1. The molecule has 1 atom stereocenters. The summed E-state index contributed by atoms with van der Waals surface area (Å²) >= 11 is 0. The van der Waals surface area contributed by atoms with Crippen molar-refractivity contribution >= 4 is 11.8 Å². The minimum absolute atomic E-state index is 0.134. The van der Waals surface area contributed by atoms with Gasteiger partial charge in [0.05, 0.1) is 6.54 Å². The van der Waals surface area contributed by atoms with Gasteiger partial charge in [0, 0.05) is 23.7 Å². The summed E-state index contributed by atoms with van der Waals surface area (Å²) in [5.41, 5.74) is 0.730. The molecule has 0 bridgehead atoms. The van der Waals surface area contributed by atoms with Crippen molar-refractivity contribution in [3.63, 3.8) is 0 Å². The predicted octanol–water partition coefficient (Wildman–Crippen LogP) is 3.13. The van der Waals surface area contributed by atoms with Gasteiger partial charge in [0.15, 0.2) is 17.6 Å². The van der Waals surface area contributed by atoms with E-state index in [1.54, 1.807) is 36.2 Å². The Morgan fingerprint density at radius 3 is 2.29 bits per heavy atom. The Morgan fingerprint density at radius 2 is 1.64 bits per heavy atom. The zero-order valence-corrected chi connectivity index (χ0v) is 16.7. The summed E-state index contributed by atoms with van der Waals surface area (Å²) in [4.78, 5) is 26.5. The molecule has 0 aromatic heterocycles. The average Bonchev–Trinajstić information content (AvgIpc) is 2.66. The molecule has 0 radical (unpaired) electrons. The van der Waals surface area contributed by atoms with Gasteiger partial charge in [-0.25, -0.2) is 0 Å². The van der Waals surface area contributed by atoms with E-state index in [-0.39, 0.29) is 23.5 Å². The van der Waals surface area contributed by atoms with Crippen molar-refractivity contribution in [1.82, 2.24) is 10.2 Å². The fraction of sp³-hybridized carbons (Fsp3) is 0.364. The van der Waals surface area contributed by atoms with E-state index in [0.29, 0.717) is 30.0 Å². The van der Waals surface area contributed by atoms with E-state index in [1.165, 1.54) is 0 Å². The fourth-order valence-electron chi connectivity index (χ4n) is 2.94. The van der Waals surface area contributed by atoms with Crippen LogP contribution >= 0.6 is 0 Å². The van der Waals surface area contributed by atoms with E-state index in [2.05, 4.69) is 5.32 Å². The number of fused-ring (bicyclic) bond motifs is 1. The molecule has 0 spiro atoms. The number of para-hydroxylation sites is 2. The van der Waals surface area contributed by atoms with Crippen molar-refractivity contribution < 1.29 is 19.1 Å². The highest BCUT2D eigenvalue weighted by molar-refractivity contribution is 5.98. The van der Waals surface area contributed by atoms with Crippen molar-refractivity contribution in [2.75, 3.05) is 20.2 Å². The molecule has 1 unspecified atom stereocenters. The number of carbonyl (C=O) groups is 2. The number of carbonyl (C=O) groups excluding carboxylic acids is 2. The number of nitrogens with zero attached hydrogens (tertiary/aromatic N) is 1. The smallest absolute Gasteiger partial charge is 0.253 e. The zero-order chi connectivity index (χ0) is 20.3. The first-order chi connectivity index (χ1) is 13.2. The maximum atomic E-state index is 12.7. The van der Waals surface area contributed by atoms with Crippen LogP contribution in [0.25, 0.3) is 0 Å². The molecule has 2 aromatic rings.